The molecule has 1 saturated heterocycles. The van der Waals surface area contributed by atoms with Gasteiger partial charge in [0.2, 0.25) is 5.91 Å². The number of ether oxygens (including phenoxy) is 1. The first kappa shape index (κ1) is 17.5. The number of furan rings is 1. The van der Waals surface area contributed by atoms with Crippen LogP contribution in [0.25, 0.3) is 0 Å². The van der Waals surface area contributed by atoms with Crippen molar-refractivity contribution in [1.82, 2.24) is 10.2 Å². The molecular weight excluding hydrogens is 298 g/mol. The lowest BCUT2D eigenvalue weighted by atomic mass is 10.0. The summed E-state index contributed by atoms with van der Waals surface area (Å²) in [5.41, 5.74) is 5.37. The summed E-state index contributed by atoms with van der Waals surface area (Å²) in [5, 5.41) is 2.85. The van der Waals surface area contributed by atoms with Gasteiger partial charge in [-0.1, -0.05) is 0 Å². The van der Waals surface area contributed by atoms with Crippen LogP contribution in [0.2, 0.25) is 0 Å². The second kappa shape index (κ2) is 8.69. The van der Waals surface area contributed by atoms with E-state index >= 15 is 0 Å². The average molecular weight is 323 g/mol. The molecule has 7 heteroatoms. The van der Waals surface area contributed by atoms with Crippen molar-refractivity contribution in [3.05, 3.63) is 23.7 Å². The topological polar surface area (TPSA) is 97.8 Å². The van der Waals surface area contributed by atoms with Crippen LogP contribution in [0, 0.1) is 0 Å². The molecule has 1 fully saturated rings. The van der Waals surface area contributed by atoms with Crippen LogP contribution >= 0.6 is 0 Å². The minimum absolute atomic E-state index is 0.00560. The van der Waals surface area contributed by atoms with Gasteiger partial charge in [0.1, 0.15) is 12.4 Å². The molecule has 0 saturated carbocycles. The van der Waals surface area contributed by atoms with Gasteiger partial charge in [-0.2, -0.15) is 0 Å². The number of nitrogens with one attached hydrogen (secondary N) is 1. The fourth-order valence-corrected chi connectivity index (χ4v) is 2.79. The standard InChI is InChI=1S/C16H25N3O4/c1-22-11-13-5-6-14(23-13)16(21)19-9-3-2-4-12(19)10-18-15(20)7-8-17/h5-6,12H,2-4,7-11,17H2,1H3,(H,18,20). The van der Waals surface area contributed by atoms with E-state index in [1.165, 1.54) is 0 Å². The van der Waals surface area contributed by atoms with Crippen LogP contribution in [0.15, 0.2) is 16.5 Å². The summed E-state index contributed by atoms with van der Waals surface area (Å²) in [7, 11) is 1.58. The number of nitrogens with two attached hydrogens (primary N) is 1. The Balaban J connectivity index is 1.98. The summed E-state index contributed by atoms with van der Waals surface area (Å²) in [5.74, 6) is 0.730. The highest BCUT2D eigenvalue weighted by atomic mass is 16.5. The quantitative estimate of drug-likeness (QED) is 0.776. The maximum atomic E-state index is 12.7. The molecule has 0 spiro atoms. The Bertz CT molecular complexity index is 529. The summed E-state index contributed by atoms with van der Waals surface area (Å²) in [4.78, 5) is 26.0. The highest BCUT2D eigenvalue weighted by molar-refractivity contribution is 5.92. The number of methoxy groups -OCH3 is 1. The Labute approximate surface area is 136 Å². The SMILES string of the molecule is COCc1ccc(C(=O)N2CCCCC2CNC(=O)CCN)o1. The summed E-state index contributed by atoms with van der Waals surface area (Å²) in [6.45, 7) is 1.80. The third kappa shape index (κ3) is 4.80. The van der Waals surface area contributed by atoms with E-state index in [-0.39, 0.29) is 17.9 Å². The van der Waals surface area contributed by atoms with Crippen LogP contribution in [-0.2, 0) is 16.1 Å². The summed E-state index contributed by atoms with van der Waals surface area (Å²) >= 11 is 0. The number of carbonyl (C=O) groups excluding carboxylic acids is 2. The van der Waals surface area contributed by atoms with Gasteiger partial charge < -0.3 is 25.1 Å². The molecule has 1 atom stereocenters. The largest absolute Gasteiger partial charge is 0.453 e. The van der Waals surface area contributed by atoms with E-state index in [2.05, 4.69) is 5.32 Å². The van der Waals surface area contributed by atoms with Crippen LogP contribution in [-0.4, -0.2) is 49.5 Å². The van der Waals surface area contributed by atoms with Crippen molar-refractivity contribution in [2.24, 2.45) is 5.73 Å². The molecule has 0 aromatic carbocycles. The summed E-state index contributed by atoms with van der Waals surface area (Å²) in [6.07, 6.45) is 3.19. The first-order valence-corrected chi connectivity index (χ1v) is 8.01. The van der Waals surface area contributed by atoms with Gasteiger partial charge in [0.15, 0.2) is 5.76 Å². The predicted octanol–water partition coefficient (Wildman–Crippen LogP) is 0.886. The minimum atomic E-state index is -0.134. The number of nitrogens with zero attached hydrogens (tertiary/aromatic N) is 1. The molecule has 23 heavy (non-hydrogen) atoms. The summed E-state index contributed by atoms with van der Waals surface area (Å²) in [6, 6.07) is 3.42. The van der Waals surface area contributed by atoms with Crippen LogP contribution in [0.5, 0.6) is 0 Å². The van der Waals surface area contributed by atoms with E-state index in [4.69, 9.17) is 14.9 Å². The number of rotatable bonds is 7. The van der Waals surface area contributed by atoms with Crippen LogP contribution in [0.4, 0.5) is 0 Å². The number of hydrogen-bond acceptors (Lipinski definition) is 5. The molecular formula is C16H25N3O4. The van der Waals surface area contributed by atoms with Gasteiger partial charge in [-0.15, -0.1) is 0 Å². The fourth-order valence-electron chi connectivity index (χ4n) is 2.79. The lowest BCUT2D eigenvalue weighted by Gasteiger charge is -2.35. The minimum Gasteiger partial charge on any atom is -0.453 e. The molecule has 2 heterocycles. The van der Waals surface area contributed by atoms with Gasteiger partial charge in [-0.25, -0.2) is 0 Å². The van der Waals surface area contributed by atoms with Gasteiger partial charge in [0.05, 0.1) is 0 Å². The van der Waals surface area contributed by atoms with Crippen molar-refractivity contribution < 1.29 is 18.7 Å². The third-order valence-electron chi connectivity index (χ3n) is 3.95. The molecule has 0 bridgehead atoms. The highest BCUT2D eigenvalue weighted by Gasteiger charge is 2.29. The Morgan fingerprint density at radius 1 is 1.43 bits per heavy atom. The second-order valence-electron chi connectivity index (χ2n) is 5.69. The first-order valence-electron chi connectivity index (χ1n) is 8.01. The van der Waals surface area contributed by atoms with E-state index in [1.54, 1.807) is 24.1 Å². The fraction of sp³-hybridized carbons (Fsp3) is 0.625. The molecule has 3 N–H and O–H groups in total. The highest BCUT2D eigenvalue weighted by Crippen LogP contribution is 2.20. The predicted molar refractivity (Wildman–Crippen MR) is 84.8 cm³/mol. The smallest absolute Gasteiger partial charge is 0.289 e. The zero-order valence-corrected chi connectivity index (χ0v) is 13.5. The van der Waals surface area contributed by atoms with E-state index in [0.29, 0.717) is 44.2 Å². The maximum absolute atomic E-state index is 12.7. The molecule has 1 aliphatic heterocycles. The molecule has 2 rings (SSSR count). The molecule has 2 amide bonds. The maximum Gasteiger partial charge on any atom is 0.289 e. The van der Waals surface area contributed by atoms with Gasteiger partial charge in [-0.05, 0) is 31.4 Å². The van der Waals surface area contributed by atoms with E-state index < -0.39 is 0 Å². The lowest BCUT2D eigenvalue weighted by Crippen LogP contribution is -2.49. The van der Waals surface area contributed by atoms with E-state index in [1.807, 2.05) is 0 Å². The van der Waals surface area contributed by atoms with Crippen molar-refractivity contribution in [2.45, 2.75) is 38.3 Å². The van der Waals surface area contributed by atoms with Crippen molar-refractivity contribution >= 4 is 11.8 Å². The van der Waals surface area contributed by atoms with Crippen molar-refractivity contribution in [3.8, 4) is 0 Å². The normalized spacial score (nSPS) is 18.0. The number of likely N-dealkylation sites (tertiary alicyclic amines) is 1. The van der Waals surface area contributed by atoms with Crippen molar-refractivity contribution in [3.63, 3.8) is 0 Å². The molecule has 0 aliphatic carbocycles. The first-order chi connectivity index (χ1) is 11.2. The van der Waals surface area contributed by atoms with Gasteiger partial charge in [0, 0.05) is 39.2 Å². The summed E-state index contributed by atoms with van der Waals surface area (Å²) < 4.78 is 10.5. The van der Waals surface area contributed by atoms with Gasteiger partial charge in [0.25, 0.3) is 5.91 Å². The number of piperidine rings is 1. The molecule has 1 aromatic heterocycles. The molecule has 0 radical (unpaired) electrons. The Morgan fingerprint density at radius 2 is 2.26 bits per heavy atom. The molecule has 128 valence electrons. The van der Waals surface area contributed by atoms with Gasteiger partial charge in [-0.3, -0.25) is 9.59 Å². The monoisotopic (exact) mass is 323 g/mol. The average Bonchev–Trinajstić information content (AvgIpc) is 3.02. The zero-order chi connectivity index (χ0) is 16.7. The van der Waals surface area contributed by atoms with E-state index in [0.717, 1.165) is 19.3 Å². The molecule has 7 nitrogen and oxygen atoms in total. The van der Waals surface area contributed by atoms with Crippen LogP contribution < -0.4 is 11.1 Å². The molecule has 1 aliphatic rings. The molecule has 1 unspecified atom stereocenters. The number of amides is 2. The van der Waals surface area contributed by atoms with Crippen molar-refractivity contribution in [1.29, 1.82) is 0 Å². The zero-order valence-electron chi connectivity index (χ0n) is 13.5. The lowest BCUT2D eigenvalue weighted by molar-refractivity contribution is -0.121. The Kier molecular flexibility index (Phi) is 6.61. The van der Waals surface area contributed by atoms with Crippen LogP contribution in [0.3, 0.4) is 0 Å². The number of hydrogen-bond donors (Lipinski definition) is 2. The van der Waals surface area contributed by atoms with Crippen molar-refractivity contribution in [2.75, 3.05) is 26.7 Å². The van der Waals surface area contributed by atoms with E-state index in [9.17, 15) is 9.59 Å². The van der Waals surface area contributed by atoms with Crippen LogP contribution in [0.1, 0.15) is 42.0 Å². The molecule has 1 aromatic rings. The second-order valence-corrected chi connectivity index (χ2v) is 5.69. The third-order valence-corrected chi connectivity index (χ3v) is 3.95. The van der Waals surface area contributed by atoms with Gasteiger partial charge >= 0.3 is 0 Å². The number of carbonyl (C=O) groups is 2. The Hall–Kier alpha value is -1.86. The Morgan fingerprint density at radius 3 is 3.00 bits per heavy atom.